The van der Waals surface area contributed by atoms with Crippen LogP contribution in [0.4, 0.5) is 0 Å². The van der Waals surface area contributed by atoms with Gasteiger partial charge >= 0.3 is 0 Å². The third-order valence-electron chi connectivity index (χ3n) is 5.02. The molecule has 0 aliphatic carbocycles. The average molecular weight is 448 g/mol. The lowest BCUT2D eigenvalue weighted by Gasteiger charge is -2.30. The Morgan fingerprint density at radius 2 is 1.59 bits per heavy atom. The van der Waals surface area contributed by atoms with E-state index < -0.39 is 22.2 Å². The van der Waals surface area contributed by atoms with E-state index in [4.69, 9.17) is 27.9 Å². The Morgan fingerprint density at radius 3 is 2.28 bits per heavy atom. The molecule has 4 nitrogen and oxygen atoms in total. The number of ether oxygens (including phenoxy) is 1. The van der Waals surface area contributed by atoms with Gasteiger partial charge in [-0.2, -0.15) is 4.31 Å². The van der Waals surface area contributed by atoms with E-state index in [-0.39, 0.29) is 11.4 Å². The number of sulfonamides is 1. The minimum absolute atomic E-state index is 0.0734. The summed E-state index contributed by atoms with van der Waals surface area (Å²) in [6, 6.07) is 21.0. The number of hydrogen-bond donors (Lipinski definition) is 0. The molecule has 0 saturated heterocycles. The van der Waals surface area contributed by atoms with Gasteiger partial charge in [0.2, 0.25) is 10.0 Å². The number of hydrogen-bond acceptors (Lipinski definition) is 3. The van der Waals surface area contributed by atoms with Gasteiger partial charge in [0, 0.05) is 16.6 Å². The zero-order valence-electron chi connectivity index (χ0n) is 15.6. The fourth-order valence-electron chi connectivity index (χ4n) is 3.50. The number of rotatable bonds is 3. The molecule has 7 heteroatoms. The summed E-state index contributed by atoms with van der Waals surface area (Å²) in [5, 5.41) is 0.941. The van der Waals surface area contributed by atoms with E-state index in [0.717, 1.165) is 11.1 Å². The molecule has 2 atom stereocenters. The maximum absolute atomic E-state index is 13.6. The van der Waals surface area contributed by atoms with E-state index in [2.05, 4.69) is 0 Å². The highest BCUT2D eigenvalue weighted by molar-refractivity contribution is 7.89. The van der Waals surface area contributed by atoms with Gasteiger partial charge in [-0.05, 0) is 48.4 Å². The Hall–Kier alpha value is -2.05. The Bertz CT molecular complexity index is 1120. The van der Waals surface area contributed by atoms with Crippen molar-refractivity contribution in [3.63, 3.8) is 0 Å². The highest BCUT2D eigenvalue weighted by Crippen LogP contribution is 2.40. The molecule has 1 aliphatic heterocycles. The molecular formula is C22H19Cl2NO3S. The average Bonchev–Trinajstić information content (AvgIpc) is 2.79. The molecule has 4 rings (SSSR count). The second kappa shape index (κ2) is 8.00. The van der Waals surface area contributed by atoms with Crippen LogP contribution in [-0.2, 0) is 16.6 Å². The molecule has 0 amide bonds. The molecule has 0 fully saturated rings. The van der Waals surface area contributed by atoms with Crippen LogP contribution in [0.2, 0.25) is 10.0 Å². The molecule has 0 N–H and O–H groups in total. The van der Waals surface area contributed by atoms with Gasteiger partial charge in [0.25, 0.3) is 0 Å². The molecule has 0 aromatic heterocycles. The van der Waals surface area contributed by atoms with Gasteiger partial charge in [0.15, 0.2) is 0 Å². The van der Waals surface area contributed by atoms with Crippen LogP contribution in [0.25, 0.3) is 0 Å². The molecule has 150 valence electrons. The number of benzene rings is 3. The zero-order chi connectivity index (χ0) is 20.6. The van der Waals surface area contributed by atoms with Gasteiger partial charge in [-0.3, -0.25) is 0 Å². The van der Waals surface area contributed by atoms with Gasteiger partial charge in [0.05, 0.1) is 6.04 Å². The van der Waals surface area contributed by atoms with Gasteiger partial charge in [-0.25, -0.2) is 8.42 Å². The standard InChI is InChI=1S/C22H19Cl2NO3S/c1-15-22(17-5-3-2-4-6-17)28-20-12-11-19(24)13-21(20)29(26,27)25(15)14-16-7-9-18(23)10-8-16/h2-13,15,22H,14H2,1H3/t15-,22-/m0/s1. The van der Waals surface area contributed by atoms with E-state index in [1.165, 1.54) is 10.4 Å². The maximum atomic E-state index is 13.6. The van der Waals surface area contributed by atoms with E-state index >= 15 is 0 Å². The first kappa shape index (κ1) is 20.2. The first-order chi connectivity index (χ1) is 13.9. The van der Waals surface area contributed by atoms with Crippen LogP contribution in [0.3, 0.4) is 0 Å². The zero-order valence-corrected chi connectivity index (χ0v) is 18.0. The molecule has 3 aromatic carbocycles. The Labute approximate surface area is 180 Å². The first-order valence-corrected chi connectivity index (χ1v) is 11.3. The molecule has 1 aliphatic rings. The summed E-state index contributed by atoms with van der Waals surface area (Å²) in [5.41, 5.74) is 1.74. The summed E-state index contributed by atoms with van der Waals surface area (Å²) in [6.45, 7) is 2.05. The summed E-state index contributed by atoms with van der Waals surface area (Å²) < 4.78 is 34.9. The van der Waals surface area contributed by atoms with Crippen molar-refractivity contribution >= 4 is 33.2 Å². The smallest absolute Gasteiger partial charge is 0.247 e. The van der Waals surface area contributed by atoms with E-state index in [0.29, 0.717) is 15.8 Å². The van der Waals surface area contributed by atoms with Crippen molar-refractivity contribution in [2.45, 2.75) is 30.5 Å². The lowest BCUT2D eigenvalue weighted by atomic mass is 10.0. The maximum Gasteiger partial charge on any atom is 0.247 e. The summed E-state index contributed by atoms with van der Waals surface area (Å²) >= 11 is 12.1. The number of nitrogens with zero attached hydrogens (tertiary/aromatic N) is 1. The van der Waals surface area contributed by atoms with Crippen molar-refractivity contribution in [3.05, 3.63) is 94.0 Å². The normalized spacial score (nSPS) is 21.1. The second-order valence-electron chi connectivity index (χ2n) is 6.96. The lowest BCUT2D eigenvalue weighted by Crippen LogP contribution is -2.41. The van der Waals surface area contributed by atoms with Crippen molar-refractivity contribution < 1.29 is 13.2 Å². The second-order valence-corrected chi connectivity index (χ2v) is 9.69. The summed E-state index contributed by atoms with van der Waals surface area (Å²) in [7, 11) is -3.85. The molecule has 3 aromatic rings. The first-order valence-electron chi connectivity index (χ1n) is 9.14. The minimum atomic E-state index is -3.85. The largest absolute Gasteiger partial charge is 0.483 e. The van der Waals surface area contributed by atoms with Crippen LogP contribution in [0.5, 0.6) is 5.75 Å². The molecule has 0 bridgehead atoms. The van der Waals surface area contributed by atoms with Crippen molar-refractivity contribution in [2.24, 2.45) is 0 Å². The molecule has 0 radical (unpaired) electrons. The molecular weight excluding hydrogens is 429 g/mol. The van der Waals surface area contributed by atoms with Gasteiger partial charge in [-0.15, -0.1) is 0 Å². The van der Waals surface area contributed by atoms with Crippen molar-refractivity contribution in [1.29, 1.82) is 0 Å². The minimum Gasteiger partial charge on any atom is -0.483 e. The van der Waals surface area contributed by atoms with Crippen LogP contribution < -0.4 is 4.74 Å². The van der Waals surface area contributed by atoms with Crippen LogP contribution in [-0.4, -0.2) is 18.8 Å². The monoisotopic (exact) mass is 447 g/mol. The highest BCUT2D eigenvalue weighted by atomic mass is 35.5. The molecule has 1 heterocycles. The summed E-state index contributed by atoms with van der Waals surface area (Å²) in [4.78, 5) is 0.0734. The van der Waals surface area contributed by atoms with Crippen LogP contribution in [0, 0.1) is 0 Å². The third-order valence-corrected chi connectivity index (χ3v) is 7.46. The van der Waals surface area contributed by atoms with Gasteiger partial charge in [-0.1, -0.05) is 65.7 Å². The SMILES string of the molecule is C[C@H]1[C@@H](c2ccccc2)Oc2ccc(Cl)cc2S(=O)(=O)N1Cc1ccc(Cl)cc1. The number of fused-ring (bicyclic) bond motifs is 1. The van der Waals surface area contributed by atoms with Gasteiger partial charge < -0.3 is 4.74 Å². The quantitative estimate of drug-likeness (QED) is 0.516. The van der Waals surface area contributed by atoms with E-state index in [9.17, 15) is 8.42 Å². The van der Waals surface area contributed by atoms with Crippen LogP contribution in [0.15, 0.2) is 77.7 Å². The Balaban J connectivity index is 1.85. The third kappa shape index (κ3) is 4.01. The van der Waals surface area contributed by atoms with Crippen LogP contribution >= 0.6 is 23.2 Å². The Morgan fingerprint density at radius 1 is 0.931 bits per heavy atom. The highest BCUT2D eigenvalue weighted by Gasteiger charge is 2.40. The predicted octanol–water partition coefficient (Wildman–Crippen LogP) is 5.71. The van der Waals surface area contributed by atoms with Crippen molar-refractivity contribution in [2.75, 3.05) is 0 Å². The predicted molar refractivity (Wildman–Crippen MR) is 115 cm³/mol. The molecule has 0 saturated carbocycles. The summed E-state index contributed by atoms with van der Waals surface area (Å²) in [6.07, 6.45) is -0.472. The molecule has 0 unspecified atom stereocenters. The lowest BCUT2D eigenvalue weighted by molar-refractivity contribution is 0.124. The van der Waals surface area contributed by atoms with Gasteiger partial charge in [0.1, 0.15) is 16.7 Å². The van der Waals surface area contributed by atoms with Crippen LogP contribution in [0.1, 0.15) is 24.2 Å². The fourth-order valence-corrected chi connectivity index (χ4v) is 5.63. The van der Waals surface area contributed by atoms with Crippen molar-refractivity contribution in [3.8, 4) is 5.75 Å². The Kier molecular flexibility index (Phi) is 5.58. The summed E-state index contributed by atoms with van der Waals surface area (Å²) in [5.74, 6) is 0.300. The number of halogens is 2. The molecule has 0 spiro atoms. The fraction of sp³-hybridized carbons (Fsp3) is 0.182. The van der Waals surface area contributed by atoms with Crippen molar-refractivity contribution in [1.82, 2.24) is 4.31 Å². The van der Waals surface area contributed by atoms with E-state index in [1.54, 1.807) is 24.3 Å². The molecule has 29 heavy (non-hydrogen) atoms. The topological polar surface area (TPSA) is 46.6 Å². The van der Waals surface area contributed by atoms with E-state index in [1.807, 2.05) is 49.4 Å².